The van der Waals surface area contributed by atoms with Crippen LogP contribution in [0.3, 0.4) is 0 Å². The van der Waals surface area contributed by atoms with Crippen molar-refractivity contribution in [2.75, 3.05) is 32.9 Å². The summed E-state index contributed by atoms with van der Waals surface area (Å²) in [4.78, 5) is 24.8. The van der Waals surface area contributed by atoms with Gasteiger partial charge in [-0.3, -0.25) is 9.59 Å². The van der Waals surface area contributed by atoms with Crippen molar-refractivity contribution in [3.63, 3.8) is 0 Å². The van der Waals surface area contributed by atoms with Crippen molar-refractivity contribution in [1.82, 2.24) is 4.90 Å². The fourth-order valence-corrected chi connectivity index (χ4v) is 2.66. The number of ether oxygens (including phenoxy) is 2. The van der Waals surface area contributed by atoms with E-state index in [0.29, 0.717) is 32.5 Å². The van der Waals surface area contributed by atoms with Crippen LogP contribution in [0.5, 0.6) is 0 Å². The molecule has 0 aromatic rings. The van der Waals surface area contributed by atoms with Crippen molar-refractivity contribution >= 4 is 11.9 Å². The number of hydrogen-bond donors (Lipinski definition) is 1. The predicted molar refractivity (Wildman–Crippen MR) is 71.3 cm³/mol. The largest absolute Gasteiger partial charge is 0.481 e. The average Bonchev–Trinajstić information content (AvgIpc) is 2.84. The maximum absolute atomic E-state index is 12.0. The smallest absolute Gasteiger partial charge is 0.311 e. The molecule has 1 atom stereocenters. The first kappa shape index (κ1) is 15.3. The number of amides is 1. The summed E-state index contributed by atoms with van der Waals surface area (Å²) in [5.41, 5.74) is -0.794. The molecule has 2 aliphatic heterocycles. The molecule has 0 saturated carbocycles. The summed E-state index contributed by atoms with van der Waals surface area (Å²) in [6.07, 6.45) is 2.81. The molecular formula is C14H23NO5. The zero-order valence-corrected chi connectivity index (χ0v) is 12.0. The summed E-state index contributed by atoms with van der Waals surface area (Å²) >= 11 is 0. The summed E-state index contributed by atoms with van der Waals surface area (Å²) < 4.78 is 10.9. The van der Waals surface area contributed by atoms with E-state index in [0.717, 1.165) is 26.1 Å². The lowest BCUT2D eigenvalue weighted by molar-refractivity contribution is -0.147. The molecule has 2 aliphatic rings. The standard InChI is InChI=1S/C14H23NO5/c1-14(13(17)18)5-6-15(10-14)12(16)4-9-20-11-2-7-19-8-3-11/h11H,2-10H2,1H3,(H,17,18). The van der Waals surface area contributed by atoms with Gasteiger partial charge in [-0.25, -0.2) is 0 Å². The zero-order valence-electron chi connectivity index (χ0n) is 12.0. The second-order valence-electron chi connectivity index (χ2n) is 5.86. The minimum Gasteiger partial charge on any atom is -0.481 e. The number of hydrogen-bond acceptors (Lipinski definition) is 4. The first-order valence-electron chi connectivity index (χ1n) is 7.22. The molecule has 1 N–H and O–H groups in total. The fraction of sp³-hybridized carbons (Fsp3) is 0.857. The third-order valence-electron chi connectivity index (χ3n) is 4.18. The lowest BCUT2D eigenvalue weighted by atomic mass is 9.90. The highest BCUT2D eigenvalue weighted by atomic mass is 16.5. The Kier molecular flexibility index (Phi) is 4.99. The van der Waals surface area contributed by atoms with Gasteiger partial charge in [0.1, 0.15) is 0 Å². The molecule has 1 unspecified atom stereocenters. The van der Waals surface area contributed by atoms with Gasteiger partial charge in [0, 0.05) is 26.3 Å². The van der Waals surface area contributed by atoms with Gasteiger partial charge in [-0.15, -0.1) is 0 Å². The zero-order chi connectivity index (χ0) is 14.6. The topological polar surface area (TPSA) is 76.1 Å². The molecule has 0 aliphatic carbocycles. The minimum atomic E-state index is -0.828. The Morgan fingerprint density at radius 2 is 2.10 bits per heavy atom. The van der Waals surface area contributed by atoms with Gasteiger partial charge in [0.05, 0.1) is 24.5 Å². The quantitative estimate of drug-likeness (QED) is 0.812. The number of rotatable bonds is 5. The molecular weight excluding hydrogens is 262 g/mol. The van der Waals surface area contributed by atoms with E-state index in [1.54, 1.807) is 11.8 Å². The third-order valence-corrected chi connectivity index (χ3v) is 4.18. The van der Waals surface area contributed by atoms with Crippen LogP contribution in [0.4, 0.5) is 0 Å². The second kappa shape index (κ2) is 6.54. The summed E-state index contributed by atoms with van der Waals surface area (Å²) in [6.45, 7) is 4.38. The Hall–Kier alpha value is -1.14. The van der Waals surface area contributed by atoms with Crippen LogP contribution in [0, 0.1) is 5.41 Å². The Morgan fingerprint density at radius 3 is 2.70 bits per heavy atom. The summed E-state index contributed by atoms with van der Waals surface area (Å²) in [5.74, 6) is -0.840. The highest BCUT2D eigenvalue weighted by Gasteiger charge is 2.41. The molecule has 0 spiro atoms. The van der Waals surface area contributed by atoms with Crippen LogP contribution in [0.15, 0.2) is 0 Å². The van der Waals surface area contributed by atoms with Gasteiger partial charge < -0.3 is 19.5 Å². The molecule has 2 heterocycles. The molecule has 0 aromatic carbocycles. The normalized spacial score (nSPS) is 27.8. The third kappa shape index (κ3) is 3.70. The SMILES string of the molecule is CC1(C(=O)O)CCN(C(=O)CCOC2CCOCC2)C1. The number of carboxylic acid groups (broad SMARTS) is 1. The highest BCUT2D eigenvalue weighted by Crippen LogP contribution is 2.30. The molecule has 2 saturated heterocycles. The van der Waals surface area contributed by atoms with Crippen molar-refractivity contribution in [3.8, 4) is 0 Å². The summed E-state index contributed by atoms with van der Waals surface area (Å²) in [5, 5.41) is 9.14. The number of carbonyl (C=O) groups excluding carboxylic acids is 1. The van der Waals surface area contributed by atoms with Crippen LogP contribution in [-0.4, -0.2) is 60.9 Å². The molecule has 0 radical (unpaired) electrons. The Morgan fingerprint density at radius 1 is 1.40 bits per heavy atom. The van der Waals surface area contributed by atoms with Crippen molar-refractivity contribution in [2.45, 2.75) is 38.7 Å². The van der Waals surface area contributed by atoms with Gasteiger partial charge in [0.25, 0.3) is 0 Å². The molecule has 6 heteroatoms. The molecule has 2 fully saturated rings. The Bertz CT molecular complexity index is 367. The van der Waals surface area contributed by atoms with E-state index in [2.05, 4.69) is 0 Å². The molecule has 0 bridgehead atoms. The molecule has 1 amide bonds. The van der Waals surface area contributed by atoms with Gasteiger partial charge in [-0.2, -0.15) is 0 Å². The Labute approximate surface area is 119 Å². The Balaban J connectivity index is 1.69. The number of aliphatic carboxylic acids is 1. The van der Waals surface area contributed by atoms with E-state index in [1.165, 1.54) is 0 Å². The maximum Gasteiger partial charge on any atom is 0.311 e. The molecule has 2 rings (SSSR count). The lowest BCUT2D eigenvalue weighted by Crippen LogP contribution is -2.35. The number of carboxylic acids is 1. The van der Waals surface area contributed by atoms with Crippen molar-refractivity contribution < 1.29 is 24.2 Å². The first-order valence-corrected chi connectivity index (χ1v) is 7.22. The number of carbonyl (C=O) groups is 2. The van der Waals surface area contributed by atoms with E-state index in [9.17, 15) is 9.59 Å². The maximum atomic E-state index is 12.0. The molecule has 0 aromatic heterocycles. The van der Waals surface area contributed by atoms with Crippen LogP contribution < -0.4 is 0 Å². The van der Waals surface area contributed by atoms with E-state index < -0.39 is 11.4 Å². The van der Waals surface area contributed by atoms with Crippen LogP contribution in [0.2, 0.25) is 0 Å². The van der Waals surface area contributed by atoms with Crippen molar-refractivity contribution in [3.05, 3.63) is 0 Å². The summed E-state index contributed by atoms with van der Waals surface area (Å²) in [6, 6.07) is 0. The van der Waals surface area contributed by atoms with Gasteiger partial charge in [-0.1, -0.05) is 0 Å². The van der Waals surface area contributed by atoms with Gasteiger partial charge in [0.2, 0.25) is 5.91 Å². The average molecular weight is 285 g/mol. The summed E-state index contributed by atoms with van der Waals surface area (Å²) in [7, 11) is 0. The van der Waals surface area contributed by atoms with Crippen molar-refractivity contribution in [2.24, 2.45) is 5.41 Å². The lowest BCUT2D eigenvalue weighted by Gasteiger charge is -2.23. The van der Waals surface area contributed by atoms with E-state index in [1.807, 2.05) is 0 Å². The van der Waals surface area contributed by atoms with E-state index in [-0.39, 0.29) is 12.0 Å². The molecule has 6 nitrogen and oxygen atoms in total. The van der Waals surface area contributed by atoms with Crippen molar-refractivity contribution in [1.29, 1.82) is 0 Å². The fourth-order valence-electron chi connectivity index (χ4n) is 2.66. The van der Waals surface area contributed by atoms with Crippen LogP contribution >= 0.6 is 0 Å². The van der Waals surface area contributed by atoms with E-state index in [4.69, 9.17) is 14.6 Å². The number of nitrogens with zero attached hydrogens (tertiary/aromatic N) is 1. The second-order valence-corrected chi connectivity index (χ2v) is 5.86. The molecule has 20 heavy (non-hydrogen) atoms. The molecule has 114 valence electrons. The van der Waals surface area contributed by atoms with Gasteiger partial charge >= 0.3 is 5.97 Å². The minimum absolute atomic E-state index is 0.0120. The monoisotopic (exact) mass is 285 g/mol. The predicted octanol–water partition coefficient (Wildman–Crippen LogP) is 0.895. The first-order chi connectivity index (χ1) is 9.51. The van der Waals surface area contributed by atoms with E-state index >= 15 is 0 Å². The van der Waals surface area contributed by atoms with Crippen LogP contribution in [0.25, 0.3) is 0 Å². The highest BCUT2D eigenvalue weighted by molar-refractivity contribution is 5.80. The number of likely N-dealkylation sites (tertiary alicyclic amines) is 1. The van der Waals surface area contributed by atoms with Gasteiger partial charge in [-0.05, 0) is 26.2 Å². The van der Waals surface area contributed by atoms with Crippen LogP contribution in [0.1, 0.15) is 32.6 Å². The van der Waals surface area contributed by atoms with Crippen LogP contribution in [-0.2, 0) is 19.1 Å². The van der Waals surface area contributed by atoms with Gasteiger partial charge in [0.15, 0.2) is 0 Å².